The normalized spacial score (nSPS) is 18.8. The van der Waals surface area contributed by atoms with Crippen molar-refractivity contribution in [3.05, 3.63) is 29.8 Å². The van der Waals surface area contributed by atoms with Crippen LogP contribution in [-0.2, 0) is 20.5 Å². The lowest BCUT2D eigenvalue weighted by molar-refractivity contribution is -0.0689. The number of sulfonamides is 1. The third kappa shape index (κ3) is 4.41. The molecule has 0 aromatic heterocycles. The van der Waals surface area contributed by atoms with Crippen LogP contribution in [-0.4, -0.2) is 50.2 Å². The van der Waals surface area contributed by atoms with Crippen molar-refractivity contribution in [3.63, 3.8) is 0 Å². The van der Waals surface area contributed by atoms with E-state index < -0.39 is 15.6 Å². The summed E-state index contributed by atoms with van der Waals surface area (Å²) in [6.07, 6.45) is 0.906. The highest BCUT2D eigenvalue weighted by Gasteiger charge is 2.34. The third-order valence-electron chi connectivity index (χ3n) is 3.74. The Balaban J connectivity index is 2.02. The van der Waals surface area contributed by atoms with E-state index in [4.69, 9.17) is 10.5 Å². The number of hydrogen-bond acceptors (Lipinski definition) is 5. The minimum atomic E-state index is -3.47. The predicted octanol–water partition coefficient (Wildman–Crippen LogP) is 0.572. The van der Waals surface area contributed by atoms with Crippen LogP contribution in [0.3, 0.4) is 0 Å². The molecule has 0 unspecified atom stereocenters. The first kappa shape index (κ1) is 16.2. The van der Waals surface area contributed by atoms with Gasteiger partial charge in [0.05, 0.1) is 11.4 Å². The Morgan fingerprint density at radius 1 is 1.29 bits per heavy atom. The maximum atomic E-state index is 12.4. The fraction of sp³-hybridized carbons (Fsp3) is 0.571. The van der Waals surface area contributed by atoms with Crippen molar-refractivity contribution in [2.24, 2.45) is 0 Å². The van der Waals surface area contributed by atoms with Crippen molar-refractivity contribution in [2.45, 2.75) is 24.2 Å². The molecule has 1 aromatic carbocycles. The number of rotatable bonds is 5. The molecule has 6 nitrogen and oxygen atoms in total. The molecule has 0 saturated carbocycles. The monoisotopic (exact) mass is 314 g/mol. The molecular formula is C14H22N2O4S. The Hall–Kier alpha value is -1.15. The zero-order valence-corrected chi connectivity index (χ0v) is 13.0. The van der Waals surface area contributed by atoms with E-state index in [1.54, 1.807) is 24.3 Å². The van der Waals surface area contributed by atoms with Crippen LogP contribution in [0.4, 0.5) is 5.69 Å². The van der Waals surface area contributed by atoms with E-state index in [1.807, 2.05) is 0 Å². The molecule has 1 saturated heterocycles. The summed E-state index contributed by atoms with van der Waals surface area (Å²) in [7, 11) is -1.97. The summed E-state index contributed by atoms with van der Waals surface area (Å²) >= 11 is 0. The van der Waals surface area contributed by atoms with E-state index in [9.17, 15) is 13.5 Å². The average molecular weight is 314 g/mol. The Morgan fingerprint density at radius 3 is 2.43 bits per heavy atom. The molecule has 1 heterocycles. The standard InChI is InChI=1S/C14H22N2O4S/c1-16(11-14(17)6-8-20-9-7-14)21(18,19)10-12-2-4-13(15)5-3-12/h2-5,17H,6-11,15H2,1H3. The lowest BCUT2D eigenvalue weighted by atomic mass is 9.95. The van der Waals surface area contributed by atoms with Gasteiger partial charge in [-0.05, 0) is 17.7 Å². The number of likely N-dealkylation sites (N-methyl/N-ethyl adjacent to an activating group) is 1. The maximum Gasteiger partial charge on any atom is 0.218 e. The van der Waals surface area contributed by atoms with Gasteiger partial charge >= 0.3 is 0 Å². The summed E-state index contributed by atoms with van der Waals surface area (Å²) < 4.78 is 31.1. The number of anilines is 1. The first-order valence-electron chi connectivity index (χ1n) is 6.89. The molecule has 3 N–H and O–H groups in total. The smallest absolute Gasteiger partial charge is 0.218 e. The summed E-state index contributed by atoms with van der Waals surface area (Å²) in [4.78, 5) is 0. The molecule has 0 bridgehead atoms. The van der Waals surface area contributed by atoms with Crippen LogP contribution in [0.1, 0.15) is 18.4 Å². The number of nitrogens with two attached hydrogens (primary N) is 1. The Kier molecular flexibility index (Phi) is 4.88. The summed E-state index contributed by atoms with van der Waals surface area (Å²) in [5.41, 5.74) is 5.86. The highest BCUT2D eigenvalue weighted by Crippen LogP contribution is 2.23. The Morgan fingerprint density at radius 2 is 1.86 bits per heavy atom. The van der Waals surface area contributed by atoms with E-state index in [0.29, 0.717) is 37.3 Å². The molecule has 1 fully saturated rings. The fourth-order valence-corrected chi connectivity index (χ4v) is 3.63. The minimum absolute atomic E-state index is 0.0909. The number of ether oxygens (including phenoxy) is 1. The summed E-state index contributed by atoms with van der Waals surface area (Å²) in [5.74, 6) is -0.101. The molecule has 1 aliphatic rings. The van der Waals surface area contributed by atoms with Gasteiger partial charge in [-0.15, -0.1) is 0 Å². The zero-order chi connectivity index (χ0) is 15.5. The maximum absolute atomic E-state index is 12.4. The first-order valence-corrected chi connectivity index (χ1v) is 8.50. The summed E-state index contributed by atoms with van der Waals surface area (Å²) in [5, 5.41) is 10.4. The van der Waals surface area contributed by atoms with Crippen molar-refractivity contribution in [3.8, 4) is 0 Å². The Labute approximate surface area is 125 Å². The topological polar surface area (TPSA) is 92.9 Å². The van der Waals surface area contributed by atoms with Crippen molar-refractivity contribution in [1.29, 1.82) is 0 Å². The second kappa shape index (κ2) is 6.31. The van der Waals surface area contributed by atoms with Crippen LogP contribution in [0, 0.1) is 0 Å². The molecule has 7 heteroatoms. The highest BCUT2D eigenvalue weighted by molar-refractivity contribution is 7.88. The molecule has 0 radical (unpaired) electrons. The largest absolute Gasteiger partial charge is 0.399 e. The SMILES string of the molecule is CN(CC1(O)CCOCC1)S(=O)(=O)Cc1ccc(N)cc1. The van der Waals surface area contributed by atoms with Crippen molar-refractivity contribution in [1.82, 2.24) is 4.31 Å². The van der Waals surface area contributed by atoms with Crippen LogP contribution >= 0.6 is 0 Å². The van der Waals surface area contributed by atoms with Gasteiger partial charge in [-0.2, -0.15) is 0 Å². The quantitative estimate of drug-likeness (QED) is 0.775. The highest BCUT2D eigenvalue weighted by atomic mass is 32.2. The third-order valence-corrected chi connectivity index (χ3v) is 5.52. The fourth-order valence-electron chi connectivity index (χ4n) is 2.36. The summed E-state index contributed by atoms with van der Waals surface area (Å²) in [6.45, 7) is 1.01. The van der Waals surface area contributed by atoms with E-state index >= 15 is 0 Å². The molecule has 21 heavy (non-hydrogen) atoms. The van der Waals surface area contributed by atoms with Gasteiger partial charge in [0, 0.05) is 45.3 Å². The van der Waals surface area contributed by atoms with Crippen molar-refractivity contribution >= 4 is 15.7 Å². The molecule has 0 spiro atoms. The number of aliphatic hydroxyl groups is 1. The molecule has 118 valence electrons. The average Bonchev–Trinajstić information content (AvgIpc) is 2.41. The molecule has 0 atom stereocenters. The van der Waals surface area contributed by atoms with Gasteiger partial charge in [0.25, 0.3) is 0 Å². The second-order valence-electron chi connectivity index (χ2n) is 5.59. The van der Waals surface area contributed by atoms with Gasteiger partial charge in [0.2, 0.25) is 10.0 Å². The van der Waals surface area contributed by atoms with E-state index in [-0.39, 0.29) is 12.3 Å². The van der Waals surface area contributed by atoms with E-state index in [1.165, 1.54) is 11.4 Å². The zero-order valence-electron chi connectivity index (χ0n) is 12.2. The van der Waals surface area contributed by atoms with Crippen LogP contribution in [0.15, 0.2) is 24.3 Å². The number of benzene rings is 1. The van der Waals surface area contributed by atoms with Crippen LogP contribution < -0.4 is 5.73 Å². The number of hydrogen-bond donors (Lipinski definition) is 2. The Bertz CT molecular complexity index is 565. The first-order chi connectivity index (χ1) is 9.81. The van der Waals surface area contributed by atoms with Gasteiger partial charge in [0.1, 0.15) is 0 Å². The van der Waals surface area contributed by atoms with Crippen LogP contribution in [0.25, 0.3) is 0 Å². The molecular weight excluding hydrogens is 292 g/mol. The predicted molar refractivity (Wildman–Crippen MR) is 81.1 cm³/mol. The number of nitrogen functional groups attached to an aromatic ring is 1. The molecule has 0 amide bonds. The lowest BCUT2D eigenvalue weighted by Crippen LogP contribution is -2.47. The lowest BCUT2D eigenvalue weighted by Gasteiger charge is -2.35. The molecule has 2 rings (SSSR count). The minimum Gasteiger partial charge on any atom is -0.399 e. The van der Waals surface area contributed by atoms with Gasteiger partial charge in [0.15, 0.2) is 0 Å². The summed E-state index contributed by atoms with van der Waals surface area (Å²) in [6, 6.07) is 6.75. The molecule has 0 aliphatic carbocycles. The second-order valence-corrected chi connectivity index (χ2v) is 7.67. The van der Waals surface area contributed by atoms with Gasteiger partial charge in [-0.25, -0.2) is 12.7 Å². The van der Waals surface area contributed by atoms with Crippen LogP contribution in [0.2, 0.25) is 0 Å². The van der Waals surface area contributed by atoms with E-state index in [0.717, 1.165) is 0 Å². The van der Waals surface area contributed by atoms with E-state index in [2.05, 4.69) is 0 Å². The number of nitrogens with zero attached hydrogens (tertiary/aromatic N) is 1. The van der Waals surface area contributed by atoms with Crippen LogP contribution in [0.5, 0.6) is 0 Å². The van der Waals surface area contributed by atoms with Gasteiger partial charge in [-0.3, -0.25) is 0 Å². The van der Waals surface area contributed by atoms with Gasteiger partial charge < -0.3 is 15.6 Å². The molecule has 1 aliphatic heterocycles. The molecule has 1 aromatic rings. The van der Waals surface area contributed by atoms with Crippen molar-refractivity contribution in [2.75, 3.05) is 32.5 Å². The van der Waals surface area contributed by atoms with Crippen molar-refractivity contribution < 1.29 is 18.3 Å². The van der Waals surface area contributed by atoms with Gasteiger partial charge in [-0.1, -0.05) is 12.1 Å².